The summed E-state index contributed by atoms with van der Waals surface area (Å²) in [7, 11) is 8.15. The molecule has 0 saturated carbocycles. The number of hydrogen-bond donors (Lipinski definition) is 0. The van der Waals surface area contributed by atoms with Crippen LogP contribution in [-0.2, 0) is 4.84 Å². The molecule has 0 heterocycles. The summed E-state index contributed by atoms with van der Waals surface area (Å²) < 4.78 is 0. The van der Waals surface area contributed by atoms with Gasteiger partial charge in [0.2, 0.25) is 0 Å². The van der Waals surface area contributed by atoms with Crippen molar-refractivity contribution in [3.8, 4) is 0 Å². The van der Waals surface area contributed by atoms with E-state index in [2.05, 4.69) is 112 Å². The van der Waals surface area contributed by atoms with Gasteiger partial charge in [0.1, 0.15) is 0 Å². The van der Waals surface area contributed by atoms with Gasteiger partial charge in [-0.3, -0.25) is 4.90 Å². The van der Waals surface area contributed by atoms with Crippen molar-refractivity contribution < 1.29 is 4.84 Å². The zero-order chi connectivity index (χ0) is 21.5. The first-order valence-corrected chi connectivity index (χ1v) is 9.74. The van der Waals surface area contributed by atoms with Crippen LogP contribution in [0.5, 0.6) is 0 Å². The first kappa shape index (κ1) is 25.8. The van der Waals surface area contributed by atoms with Crippen molar-refractivity contribution in [2.45, 2.75) is 111 Å². The Morgan fingerprint density at radius 3 is 0.808 bits per heavy atom. The molecule has 5 heteroatoms. The molecule has 0 rings (SSSR count). The molecule has 5 nitrogen and oxygen atoms in total. The molecule has 0 aromatic carbocycles. The molecule has 0 bridgehead atoms. The van der Waals surface area contributed by atoms with Crippen molar-refractivity contribution >= 4 is 0 Å². The molecule has 0 unspecified atom stereocenters. The maximum Gasteiger partial charge on any atom is 0.262 e. The Morgan fingerprint density at radius 2 is 0.692 bits per heavy atom. The van der Waals surface area contributed by atoms with Crippen LogP contribution in [0, 0.1) is 0 Å². The van der Waals surface area contributed by atoms with Crippen LogP contribution >= 0.6 is 0 Å². The average molecular weight is 373 g/mol. The fourth-order valence-corrected chi connectivity index (χ4v) is 4.67. The number of rotatable bonds is 5. The molecule has 0 aromatic rings. The zero-order valence-corrected chi connectivity index (χ0v) is 20.7. The summed E-state index contributed by atoms with van der Waals surface area (Å²) in [5.41, 5.74) is -0.527. The Morgan fingerprint density at radius 1 is 0.462 bits per heavy atom. The lowest BCUT2D eigenvalue weighted by Gasteiger charge is -2.66. The van der Waals surface area contributed by atoms with E-state index in [9.17, 15) is 0 Å². The van der Waals surface area contributed by atoms with Crippen molar-refractivity contribution in [3.05, 3.63) is 0 Å². The molecule has 0 aromatic heterocycles. The Hall–Kier alpha value is -0.200. The summed E-state index contributed by atoms with van der Waals surface area (Å²) in [5.74, 6) is -0.781. The number of hydroxylamine groups is 2. The van der Waals surface area contributed by atoms with E-state index < -0.39 is 5.97 Å². The lowest BCUT2D eigenvalue weighted by Crippen LogP contribution is -2.82. The Balaban J connectivity index is 7.19. The third-order valence-corrected chi connectivity index (χ3v) is 4.15. The summed E-state index contributed by atoms with van der Waals surface area (Å²) in [6.07, 6.45) is 0. The minimum Gasteiger partial charge on any atom is -0.254 e. The van der Waals surface area contributed by atoms with Gasteiger partial charge in [0, 0.05) is 36.3 Å². The molecule has 0 atom stereocenters. The van der Waals surface area contributed by atoms with Gasteiger partial charge >= 0.3 is 0 Å². The second-order valence-corrected chi connectivity index (χ2v) is 11.7. The largest absolute Gasteiger partial charge is 0.262 e. The van der Waals surface area contributed by atoms with Crippen LogP contribution < -0.4 is 0 Å². The second kappa shape index (κ2) is 7.67. The highest BCUT2D eigenvalue weighted by molar-refractivity contribution is 5.02. The van der Waals surface area contributed by atoms with Crippen LogP contribution in [0.4, 0.5) is 0 Å². The molecule has 0 N–H and O–H groups in total. The topological polar surface area (TPSA) is 22.2 Å². The first-order valence-electron chi connectivity index (χ1n) is 9.74. The summed E-state index contributed by atoms with van der Waals surface area (Å²) >= 11 is 0. The highest BCUT2D eigenvalue weighted by Gasteiger charge is 2.60. The predicted octanol–water partition coefficient (Wildman–Crippen LogP) is 4.45. The van der Waals surface area contributed by atoms with E-state index in [1.165, 1.54) is 0 Å². The normalized spacial score (nSPS) is 15.7. The molecular weight excluding hydrogens is 324 g/mol. The second-order valence-electron chi connectivity index (χ2n) is 11.7. The predicted molar refractivity (Wildman–Crippen MR) is 114 cm³/mol. The van der Waals surface area contributed by atoms with Crippen LogP contribution in [0.1, 0.15) is 83.1 Å². The van der Waals surface area contributed by atoms with Gasteiger partial charge in [-0.05, 0) is 97.2 Å². The number of nitrogens with zero attached hydrogens (tertiary/aromatic N) is 4. The fourth-order valence-electron chi connectivity index (χ4n) is 4.67. The van der Waals surface area contributed by atoms with Gasteiger partial charge in [-0.25, -0.2) is 14.6 Å². The Kier molecular flexibility index (Phi) is 7.61. The molecule has 0 saturated heterocycles. The van der Waals surface area contributed by atoms with Crippen molar-refractivity contribution in [3.63, 3.8) is 0 Å². The van der Waals surface area contributed by atoms with Crippen molar-refractivity contribution in [2.24, 2.45) is 0 Å². The van der Waals surface area contributed by atoms with Gasteiger partial charge in [-0.1, -0.05) is 0 Å². The molecule has 0 amide bonds. The van der Waals surface area contributed by atoms with E-state index in [1.54, 1.807) is 0 Å². The first-order chi connectivity index (χ1) is 11.1. The third kappa shape index (κ3) is 5.65. The van der Waals surface area contributed by atoms with Crippen molar-refractivity contribution in [1.29, 1.82) is 0 Å². The molecule has 0 spiro atoms. The van der Waals surface area contributed by atoms with Crippen molar-refractivity contribution in [1.82, 2.24) is 19.8 Å². The molecule has 26 heavy (non-hydrogen) atoms. The standard InChI is InChI=1S/C21H48N4O/c1-17(2,3)24(18(4,5)6)21(22(13)14,26-23(15)16)25(19(7,8)9)20(10,11)12/h1-16H3. The fraction of sp³-hybridized carbons (Fsp3) is 1.00. The van der Waals surface area contributed by atoms with Gasteiger partial charge in [-0.15, -0.1) is 0 Å². The maximum absolute atomic E-state index is 6.74. The van der Waals surface area contributed by atoms with Crippen molar-refractivity contribution in [2.75, 3.05) is 28.2 Å². The van der Waals surface area contributed by atoms with Gasteiger partial charge in [0.25, 0.3) is 5.97 Å². The van der Waals surface area contributed by atoms with Crippen LogP contribution in [-0.4, -0.2) is 76.1 Å². The summed E-state index contributed by atoms with van der Waals surface area (Å²) in [6.45, 7) is 27.2. The molecule has 0 aliphatic carbocycles. The molecular formula is C21H48N4O. The minimum atomic E-state index is -0.781. The number of hydrogen-bond acceptors (Lipinski definition) is 5. The summed E-state index contributed by atoms with van der Waals surface area (Å²) in [6, 6.07) is 0. The van der Waals surface area contributed by atoms with Gasteiger partial charge in [0.15, 0.2) is 0 Å². The lowest BCUT2D eigenvalue weighted by molar-refractivity contribution is -0.439. The van der Waals surface area contributed by atoms with E-state index in [4.69, 9.17) is 4.84 Å². The Labute approximate surface area is 164 Å². The summed E-state index contributed by atoms with van der Waals surface area (Å²) in [4.78, 5) is 13.9. The highest BCUT2D eigenvalue weighted by Crippen LogP contribution is 2.44. The molecule has 158 valence electrons. The van der Waals surface area contributed by atoms with E-state index in [0.717, 1.165) is 0 Å². The molecule has 0 aliphatic heterocycles. The van der Waals surface area contributed by atoms with Crippen LogP contribution in [0.15, 0.2) is 0 Å². The smallest absolute Gasteiger partial charge is 0.254 e. The highest BCUT2D eigenvalue weighted by atomic mass is 16.7. The van der Waals surface area contributed by atoms with E-state index in [-0.39, 0.29) is 22.2 Å². The molecule has 0 aliphatic rings. The minimum absolute atomic E-state index is 0.132. The van der Waals surface area contributed by atoms with Gasteiger partial charge in [-0.2, -0.15) is 5.06 Å². The quantitative estimate of drug-likeness (QED) is 0.524. The average Bonchev–Trinajstić information content (AvgIpc) is 2.17. The SMILES string of the molecule is CN(C)OC(N(C)C)(N(C(C)(C)C)C(C)(C)C)N(C(C)(C)C)C(C)(C)C. The van der Waals surface area contributed by atoms with Crippen LogP contribution in [0.25, 0.3) is 0 Å². The monoisotopic (exact) mass is 372 g/mol. The van der Waals surface area contributed by atoms with Crippen LogP contribution in [0.3, 0.4) is 0 Å². The van der Waals surface area contributed by atoms with E-state index >= 15 is 0 Å². The van der Waals surface area contributed by atoms with Crippen LogP contribution in [0.2, 0.25) is 0 Å². The lowest BCUT2D eigenvalue weighted by atomic mass is 9.90. The van der Waals surface area contributed by atoms with Gasteiger partial charge < -0.3 is 0 Å². The zero-order valence-electron chi connectivity index (χ0n) is 20.7. The van der Waals surface area contributed by atoms with E-state index in [0.29, 0.717) is 0 Å². The molecule has 0 radical (unpaired) electrons. The third-order valence-electron chi connectivity index (χ3n) is 4.15. The Bertz CT molecular complexity index is 385. The summed E-state index contributed by atoms with van der Waals surface area (Å²) in [5, 5.41) is 1.83. The molecule has 0 fully saturated rings. The van der Waals surface area contributed by atoms with Gasteiger partial charge in [0.05, 0.1) is 0 Å². The maximum atomic E-state index is 6.74. The van der Waals surface area contributed by atoms with E-state index in [1.807, 2.05) is 19.2 Å².